The summed E-state index contributed by atoms with van der Waals surface area (Å²) in [4.78, 5) is 18.0. The molecule has 4 heteroatoms. The van der Waals surface area contributed by atoms with E-state index >= 15 is 0 Å². The van der Waals surface area contributed by atoms with Gasteiger partial charge in [0.25, 0.3) is 0 Å². The molecule has 0 saturated heterocycles. The first-order chi connectivity index (χ1) is 7.58. The maximum absolute atomic E-state index is 11.4. The average molecular weight is 239 g/mol. The summed E-state index contributed by atoms with van der Waals surface area (Å²) in [7, 11) is 2.10. The fourth-order valence-electron chi connectivity index (χ4n) is 1.97. The van der Waals surface area contributed by atoms with E-state index in [4.69, 9.17) is 11.6 Å². The maximum Gasteiger partial charge on any atom is 0.162 e. The molecule has 3 nitrogen and oxygen atoms in total. The zero-order valence-electron chi connectivity index (χ0n) is 9.59. The topological polar surface area (TPSA) is 33.2 Å². The fraction of sp³-hybridized carbons (Fsp3) is 0.500. The van der Waals surface area contributed by atoms with E-state index in [-0.39, 0.29) is 5.78 Å². The number of fused-ring (bicyclic) bond motifs is 1. The molecule has 0 unspecified atom stereocenters. The molecule has 0 N–H and O–H groups in total. The van der Waals surface area contributed by atoms with Crippen molar-refractivity contribution in [2.45, 2.75) is 19.8 Å². The monoisotopic (exact) mass is 238 g/mol. The summed E-state index contributed by atoms with van der Waals surface area (Å²) in [5.74, 6) is -0.0158. The van der Waals surface area contributed by atoms with Crippen LogP contribution in [0.1, 0.15) is 28.5 Å². The average Bonchev–Trinajstić information content (AvgIpc) is 2.40. The third-order valence-electron chi connectivity index (χ3n) is 3.02. The van der Waals surface area contributed by atoms with Crippen molar-refractivity contribution in [1.82, 2.24) is 9.88 Å². The van der Waals surface area contributed by atoms with Crippen LogP contribution in [0.2, 0.25) is 5.15 Å². The van der Waals surface area contributed by atoms with Crippen LogP contribution >= 0.6 is 11.6 Å². The van der Waals surface area contributed by atoms with Crippen LogP contribution in [0.25, 0.3) is 0 Å². The van der Waals surface area contributed by atoms with Gasteiger partial charge in [0.1, 0.15) is 5.15 Å². The normalized spacial score (nSPS) is 16.7. The van der Waals surface area contributed by atoms with Crippen molar-refractivity contribution in [2.24, 2.45) is 0 Å². The molecule has 0 fully saturated rings. The van der Waals surface area contributed by atoms with E-state index in [1.54, 1.807) is 0 Å². The molecule has 86 valence electrons. The van der Waals surface area contributed by atoms with E-state index in [0.717, 1.165) is 31.6 Å². The van der Waals surface area contributed by atoms with Crippen molar-refractivity contribution in [3.8, 4) is 0 Å². The van der Waals surface area contributed by atoms with Gasteiger partial charge in [0, 0.05) is 25.2 Å². The van der Waals surface area contributed by atoms with Crippen molar-refractivity contribution in [3.05, 3.63) is 28.0 Å². The van der Waals surface area contributed by atoms with Crippen LogP contribution in [0.4, 0.5) is 0 Å². The Morgan fingerprint density at radius 2 is 2.12 bits per heavy atom. The molecule has 0 amide bonds. The summed E-state index contributed by atoms with van der Waals surface area (Å²) in [5.41, 5.74) is 2.75. The molecule has 2 rings (SSSR count). The Kier molecular flexibility index (Phi) is 3.26. The SMILES string of the molecule is CC(=O)c1cc2c(nc1Cl)CCN(C)CC2. The van der Waals surface area contributed by atoms with E-state index in [1.165, 1.54) is 12.5 Å². The molecule has 1 aromatic heterocycles. The third-order valence-corrected chi connectivity index (χ3v) is 3.31. The number of hydrogen-bond donors (Lipinski definition) is 0. The third kappa shape index (κ3) is 2.25. The number of halogens is 1. The first-order valence-corrected chi connectivity index (χ1v) is 5.83. The number of Topliss-reactive ketones (excluding diaryl/α,β-unsaturated/α-hetero) is 1. The summed E-state index contributed by atoms with van der Waals surface area (Å²) in [6.45, 7) is 3.53. The van der Waals surface area contributed by atoms with Gasteiger partial charge in [0.15, 0.2) is 5.78 Å². The number of nitrogens with zero attached hydrogens (tertiary/aromatic N) is 2. The smallest absolute Gasteiger partial charge is 0.162 e. The highest BCUT2D eigenvalue weighted by Gasteiger charge is 2.16. The van der Waals surface area contributed by atoms with Crippen LogP contribution in [0.3, 0.4) is 0 Å². The first kappa shape index (κ1) is 11.6. The molecule has 1 aliphatic rings. The largest absolute Gasteiger partial charge is 0.306 e. The molecule has 0 radical (unpaired) electrons. The molecule has 0 bridgehead atoms. The molecule has 0 saturated carbocycles. The lowest BCUT2D eigenvalue weighted by Crippen LogP contribution is -2.20. The van der Waals surface area contributed by atoms with Gasteiger partial charge < -0.3 is 4.90 Å². The second-order valence-electron chi connectivity index (χ2n) is 4.29. The lowest BCUT2D eigenvalue weighted by atomic mass is 10.1. The maximum atomic E-state index is 11.4. The summed E-state index contributed by atoms with van der Waals surface area (Å²) in [5, 5.41) is 0.343. The molecule has 1 aromatic rings. The molecule has 0 spiro atoms. The summed E-state index contributed by atoms with van der Waals surface area (Å²) < 4.78 is 0. The summed E-state index contributed by atoms with van der Waals surface area (Å²) >= 11 is 6.00. The highest BCUT2D eigenvalue weighted by molar-refractivity contribution is 6.32. The Balaban J connectivity index is 2.42. The van der Waals surface area contributed by atoms with E-state index in [0.29, 0.717) is 10.7 Å². The van der Waals surface area contributed by atoms with Gasteiger partial charge in [0.2, 0.25) is 0 Å². The Bertz CT molecular complexity index is 431. The van der Waals surface area contributed by atoms with Crippen LogP contribution in [0.5, 0.6) is 0 Å². The minimum atomic E-state index is -0.0158. The van der Waals surface area contributed by atoms with Crippen molar-refractivity contribution < 1.29 is 4.79 Å². The number of aromatic nitrogens is 1. The molecular weight excluding hydrogens is 224 g/mol. The Morgan fingerprint density at radius 1 is 1.44 bits per heavy atom. The van der Waals surface area contributed by atoms with Crippen LogP contribution in [-0.2, 0) is 12.8 Å². The second-order valence-corrected chi connectivity index (χ2v) is 4.65. The molecule has 1 aliphatic heterocycles. The minimum Gasteiger partial charge on any atom is -0.306 e. The number of hydrogen-bond acceptors (Lipinski definition) is 3. The number of carbonyl (C=O) groups is 1. The van der Waals surface area contributed by atoms with Crippen molar-refractivity contribution in [3.63, 3.8) is 0 Å². The molecule has 2 heterocycles. The molecular formula is C12H15ClN2O. The number of ketones is 1. The van der Waals surface area contributed by atoms with E-state index in [2.05, 4.69) is 16.9 Å². The zero-order chi connectivity index (χ0) is 11.7. The molecule has 0 aromatic carbocycles. The van der Waals surface area contributed by atoms with Gasteiger partial charge in [0.05, 0.1) is 5.56 Å². The highest BCUT2D eigenvalue weighted by Crippen LogP contribution is 2.21. The Labute approximate surface area is 100 Å². The predicted molar refractivity (Wildman–Crippen MR) is 64.2 cm³/mol. The van der Waals surface area contributed by atoms with Crippen molar-refractivity contribution >= 4 is 17.4 Å². The Morgan fingerprint density at radius 3 is 2.81 bits per heavy atom. The highest BCUT2D eigenvalue weighted by atomic mass is 35.5. The minimum absolute atomic E-state index is 0.0158. The van der Waals surface area contributed by atoms with Gasteiger partial charge in [-0.2, -0.15) is 0 Å². The van der Waals surface area contributed by atoms with Crippen LogP contribution in [0.15, 0.2) is 6.07 Å². The predicted octanol–water partition coefficient (Wildman–Crippen LogP) is 1.97. The number of pyridine rings is 1. The van der Waals surface area contributed by atoms with E-state index in [1.807, 2.05) is 6.07 Å². The zero-order valence-corrected chi connectivity index (χ0v) is 10.3. The molecule has 0 atom stereocenters. The van der Waals surface area contributed by atoms with Crippen LogP contribution in [0, 0.1) is 0 Å². The number of rotatable bonds is 1. The van der Waals surface area contributed by atoms with Crippen molar-refractivity contribution in [2.75, 3.05) is 20.1 Å². The van der Waals surface area contributed by atoms with Gasteiger partial charge in [-0.1, -0.05) is 11.6 Å². The standard InChI is InChI=1S/C12H15ClN2O/c1-8(16)10-7-9-3-5-15(2)6-4-11(9)14-12(10)13/h7H,3-6H2,1-2H3. The van der Waals surface area contributed by atoms with E-state index in [9.17, 15) is 4.79 Å². The fourth-order valence-corrected chi connectivity index (χ4v) is 2.26. The van der Waals surface area contributed by atoms with Gasteiger partial charge in [-0.15, -0.1) is 0 Å². The van der Waals surface area contributed by atoms with Gasteiger partial charge in [-0.05, 0) is 32.0 Å². The second kappa shape index (κ2) is 4.52. The van der Waals surface area contributed by atoms with Crippen LogP contribution < -0.4 is 0 Å². The number of carbonyl (C=O) groups excluding carboxylic acids is 1. The summed E-state index contributed by atoms with van der Waals surface area (Å²) in [6.07, 6.45) is 1.85. The Hall–Kier alpha value is -0.930. The van der Waals surface area contributed by atoms with Gasteiger partial charge >= 0.3 is 0 Å². The lowest BCUT2D eigenvalue weighted by Gasteiger charge is -2.10. The number of likely N-dealkylation sites (N-methyl/N-ethyl adjacent to an activating group) is 1. The molecule has 16 heavy (non-hydrogen) atoms. The first-order valence-electron chi connectivity index (χ1n) is 5.45. The van der Waals surface area contributed by atoms with Crippen molar-refractivity contribution in [1.29, 1.82) is 0 Å². The van der Waals surface area contributed by atoms with Crippen LogP contribution in [-0.4, -0.2) is 35.8 Å². The quantitative estimate of drug-likeness (QED) is 0.554. The molecule has 0 aliphatic carbocycles. The summed E-state index contributed by atoms with van der Waals surface area (Å²) in [6, 6.07) is 1.91. The lowest BCUT2D eigenvalue weighted by molar-refractivity contribution is 0.101. The van der Waals surface area contributed by atoms with E-state index < -0.39 is 0 Å². The van der Waals surface area contributed by atoms with Gasteiger partial charge in [-0.25, -0.2) is 4.98 Å². The van der Waals surface area contributed by atoms with Gasteiger partial charge in [-0.3, -0.25) is 4.79 Å².